The number of benzene rings is 2. The van der Waals surface area contributed by atoms with Crippen LogP contribution in [-0.4, -0.2) is 22.5 Å². The van der Waals surface area contributed by atoms with Crippen molar-refractivity contribution in [3.8, 4) is 5.75 Å². The van der Waals surface area contributed by atoms with Gasteiger partial charge in [0.1, 0.15) is 17.3 Å². The molecule has 0 saturated carbocycles. The molecular formula is C19H16F2N4O2. The van der Waals surface area contributed by atoms with Gasteiger partial charge in [-0.1, -0.05) is 0 Å². The molecule has 0 radical (unpaired) electrons. The lowest BCUT2D eigenvalue weighted by Crippen LogP contribution is -2.14. The Kier molecular flexibility index (Phi) is 5.55. The van der Waals surface area contributed by atoms with Gasteiger partial charge in [-0.3, -0.25) is 4.79 Å². The van der Waals surface area contributed by atoms with Crippen molar-refractivity contribution in [2.45, 2.75) is 6.92 Å². The third-order valence-corrected chi connectivity index (χ3v) is 3.50. The largest absolute Gasteiger partial charge is 0.494 e. The Labute approximate surface area is 154 Å². The van der Waals surface area contributed by atoms with Crippen molar-refractivity contribution >= 4 is 23.1 Å². The summed E-state index contributed by atoms with van der Waals surface area (Å²) in [5.41, 5.74) is 1.02. The molecule has 0 unspecified atom stereocenters. The lowest BCUT2D eigenvalue weighted by Gasteiger charge is -2.08. The first kappa shape index (κ1) is 18.2. The van der Waals surface area contributed by atoms with E-state index in [-0.39, 0.29) is 5.69 Å². The zero-order chi connectivity index (χ0) is 19.2. The van der Waals surface area contributed by atoms with Crippen molar-refractivity contribution in [1.82, 2.24) is 9.97 Å². The summed E-state index contributed by atoms with van der Waals surface area (Å²) in [6, 6.07) is 10.3. The van der Waals surface area contributed by atoms with Gasteiger partial charge in [-0.25, -0.2) is 18.7 Å². The number of aromatic nitrogens is 2. The quantitative estimate of drug-likeness (QED) is 0.682. The van der Waals surface area contributed by atoms with Crippen molar-refractivity contribution in [1.29, 1.82) is 0 Å². The number of halogens is 2. The van der Waals surface area contributed by atoms with Crippen LogP contribution in [0.5, 0.6) is 5.75 Å². The molecule has 3 rings (SSSR count). The summed E-state index contributed by atoms with van der Waals surface area (Å²) in [5.74, 6) is -1.33. The SMILES string of the molecule is CCOc1ccc(NC(=O)c2cnc(Nc3ccc(F)c(F)c3)cn2)cc1. The molecule has 1 aromatic heterocycles. The summed E-state index contributed by atoms with van der Waals surface area (Å²) in [7, 11) is 0. The lowest BCUT2D eigenvalue weighted by molar-refractivity contribution is 0.102. The third kappa shape index (κ3) is 4.75. The van der Waals surface area contributed by atoms with Crippen molar-refractivity contribution in [2.75, 3.05) is 17.2 Å². The first-order chi connectivity index (χ1) is 13.0. The van der Waals surface area contributed by atoms with Gasteiger partial charge >= 0.3 is 0 Å². The van der Waals surface area contributed by atoms with E-state index < -0.39 is 17.5 Å². The highest BCUT2D eigenvalue weighted by Gasteiger charge is 2.09. The summed E-state index contributed by atoms with van der Waals surface area (Å²) in [6.07, 6.45) is 2.61. The molecule has 0 bridgehead atoms. The lowest BCUT2D eigenvalue weighted by atomic mass is 10.3. The average molecular weight is 370 g/mol. The number of carbonyl (C=O) groups is 1. The van der Waals surface area contributed by atoms with Crippen molar-refractivity contribution in [2.24, 2.45) is 0 Å². The van der Waals surface area contributed by atoms with Gasteiger partial charge in [0.15, 0.2) is 11.6 Å². The summed E-state index contributed by atoms with van der Waals surface area (Å²) < 4.78 is 31.5. The fourth-order valence-electron chi connectivity index (χ4n) is 2.23. The fourth-order valence-corrected chi connectivity index (χ4v) is 2.23. The monoisotopic (exact) mass is 370 g/mol. The van der Waals surface area contributed by atoms with Gasteiger partial charge in [0.05, 0.1) is 19.0 Å². The first-order valence-electron chi connectivity index (χ1n) is 8.13. The molecule has 6 nitrogen and oxygen atoms in total. The highest BCUT2D eigenvalue weighted by atomic mass is 19.2. The number of anilines is 3. The Hall–Kier alpha value is -3.55. The van der Waals surface area contributed by atoms with Crippen LogP contribution in [0.15, 0.2) is 54.9 Å². The Balaban J connectivity index is 1.63. The molecule has 3 aromatic rings. The second-order valence-electron chi connectivity index (χ2n) is 5.45. The minimum Gasteiger partial charge on any atom is -0.494 e. The molecule has 0 aliphatic carbocycles. The van der Waals surface area contributed by atoms with Crippen LogP contribution in [0, 0.1) is 11.6 Å². The normalized spacial score (nSPS) is 10.3. The van der Waals surface area contributed by atoms with Crippen LogP contribution in [-0.2, 0) is 0 Å². The van der Waals surface area contributed by atoms with Gasteiger partial charge in [0, 0.05) is 17.4 Å². The third-order valence-electron chi connectivity index (χ3n) is 3.50. The van der Waals surface area contributed by atoms with Crippen molar-refractivity contribution in [3.05, 3.63) is 72.2 Å². The van der Waals surface area contributed by atoms with Crippen LogP contribution >= 0.6 is 0 Å². The molecule has 0 spiro atoms. The number of nitrogens with one attached hydrogen (secondary N) is 2. The summed E-state index contributed by atoms with van der Waals surface area (Å²) in [6.45, 7) is 2.45. The van der Waals surface area contributed by atoms with E-state index in [4.69, 9.17) is 4.74 Å². The topological polar surface area (TPSA) is 76.1 Å². The van der Waals surface area contributed by atoms with Gasteiger partial charge in [-0.2, -0.15) is 0 Å². The molecule has 0 atom stereocenters. The Bertz CT molecular complexity index is 931. The van der Waals surface area contributed by atoms with E-state index in [1.807, 2.05) is 6.92 Å². The van der Waals surface area contributed by atoms with Gasteiger partial charge in [0.25, 0.3) is 5.91 Å². The van der Waals surface area contributed by atoms with E-state index >= 15 is 0 Å². The van der Waals surface area contributed by atoms with Gasteiger partial charge < -0.3 is 15.4 Å². The van der Waals surface area contributed by atoms with Crippen LogP contribution in [0.4, 0.5) is 26.0 Å². The minimum atomic E-state index is -0.973. The molecule has 27 heavy (non-hydrogen) atoms. The maximum Gasteiger partial charge on any atom is 0.275 e. The number of amides is 1. The number of carbonyl (C=O) groups excluding carboxylic acids is 1. The fraction of sp³-hybridized carbons (Fsp3) is 0.105. The number of ether oxygens (including phenoxy) is 1. The van der Waals surface area contributed by atoms with E-state index in [0.717, 1.165) is 12.1 Å². The highest BCUT2D eigenvalue weighted by Crippen LogP contribution is 2.18. The zero-order valence-corrected chi connectivity index (χ0v) is 14.4. The second kappa shape index (κ2) is 8.22. The predicted octanol–water partition coefficient (Wildman–Crippen LogP) is 4.15. The van der Waals surface area contributed by atoms with Gasteiger partial charge in [-0.15, -0.1) is 0 Å². The molecule has 1 heterocycles. The van der Waals surface area contributed by atoms with Crippen LogP contribution in [0.1, 0.15) is 17.4 Å². The Morgan fingerprint density at radius 2 is 1.74 bits per heavy atom. The molecule has 0 aliphatic rings. The van der Waals surface area contributed by atoms with Crippen LogP contribution in [0.25, 0.3) is 0 Å². The highest BCUT2D eigenvalue weighted by molar-refractivity contribution is 6.02. The first-order valence-corrected chi connectivity index (χ1v) is 8.13. The minimum absolute atomic E-state index is 0.111. The summed E-state index contributed by atoms with van der Waals surface area (Å²) in [5, 5.41) is 5.48. The number of nitrogens with zero attached hydrogens (tertiary/aromatic N) is 2. The molecule has 0 aliphatic heterocycles. The molecule has 1 amide bonds. The molecule has 2 aromatic carbocycles. The maximum atomic E-state index is 13.2. The number of rotatable bonds is 6. The molecule has 138 valence electrons. The van der Waals surface area contributed by atoms with Crippen molar-refractivity contribution < 1.29 is 18.3 Å². The average Bonchev–Trinajstić information content (AvgIpc) is 2.67. The maximum absolute atomic E-state index is 13.2. The van der Waals surface area contributed by atoms with E-state index in [1.165, 1.54) is 18.5 Å². The number of hydrogen-bond acceptors (Lipinski definition) is 5. The van der Waals surface area contributed by atoms with E-state index in [2.05, 4.69) is 20.6 Å². The predicted molar refractivity (Wildman–Crippen MR) is 97.2 cm³/mol. The molecule has 2 N–H and O–H groups in total. The summed E-state index contributed by atoms with van der Waals surface area (Å²) >= 11 is 0. The molecule has 8 heteroatoms. The molecular weight excluding hydrogens is 354 g/mol. The molecule has 0 fully saturated rings. The van der Waals surface area contributed by atoms with E-state index in [1.54, 1.807) is 24.3 Å². The Morgan fingerprint density at radius 1 is 1.00 bits per heavy atom. The van der Waals surface area contributed by atoms with Crippen LogP contribution < -0.4 is 15.4 Å². The second-order valence-corrected chi connectivity index (χ2v) is 5.45. The van der Waals surface area contributed by atoms with E-state index in [0.29, 0.717) is 29.5 Å². The van der Waals surface area contributed by atoms with Crippen molar-refractivity contribution in [3.63, 3.8) is 0 Å². The van der Waals surface area contributed by atoms with Gasteiger partial charge in [0.2, 0.25) is 0 Å². The smallest absolute Gasteiger partial charge is 0.275 e. The standard InChI is InChI=1S/C19H16F2N4O2/c1-2-27-14-6-3-12(4-7-14)25-19(26)17-10-23-18(11-22-17)24-13-5-8-15(20)16(21)9-13/h3-11H,2H2,1H3,(H,23,24)(H,25,26). The Morgan fingerprint density at radius 3 is 2.37 bits per heavy atom. The van der Waals surface area contributed by atoms with Gasteiger partial charge in [-0.05, 0) is 43.3 Å². The van der Waals surface area contributed by atoms with E-state index in [9.17, 15) is 13.6 Å². The summed E-state index contributed by atoms with van der Waals surface area (Å²) in [4.78, 5) is 20.3. The zero-order valence-electron chi connectivity index (χ0n) is 14.4. The number of hydrogen-bond donors (Lipinski definition) is 2. The van der Waals surface area contributed by atoms with Crippen LogP contribution in [0.2, 0.25) is 0 Å². The van der Waals surface area contributed by atoms with Crippen LogP contribution in [0.3, 0.4) is 0 Å². The molecule has 0 saturated heterocycles.